The monoisotopic (exact) mass is 434 g/mol. The third-order valence-electron chi connectivity index (χ3n) is 4.59. The summed E-state index contributed by atoms with van der Waals surface area (Å²) in [5, 5.41) is 2.80. The molecule has 1 N–H and O–H groups in total. The Kier molecular flexibility index (Phi) is 6.71. The summed E-state index contributed by atoms with van der Waals surface area (Å²) in [7, 11) is -3.74. The Bertz CT molecular complexity index is 1010. The minimum absolute atomic E-state index is 0.220. The number of para-hydroxylation sites is 1. The number of sulfonamides is 1. The van der Waals surface area contributed by atoms with Crippen LogP contribution in [0.4, 0.5) is 5.69 Å². The van der Waals surface area contributed by atoms with E-state index in [1.54, 1.807) is 25.1 Å². The first kappa shape index (κ1) is 21.8. The van der Waals surface area contributed by atoms with Gasteiger partial charge < -0.3 is 19.5 Å². The van der Waals surface area contributed by atoms with Gasteiger partial charge in [-0.3, -0.25) is 9.10 Å². The molecule has 30 heavy (non-hydrogen) atoms. The van der Waals surface area contributed by atoms with Gasteiger partial charge in [-0.1, -0.05) is 18.2 Å². The van der Waals surface area contributed by atoms with E-state index < -0.39 is 22.0 Å². The zero-order chi connectivity index (χ0) is 21.7. The fraction of sp³-hybridized carbons (Fsp3) is 0.381. The fourth-order valence-electron chi connectivity index (χ4n) is 3.25. The molecule has 1 unspecified atom stereocenters. The minimum Gasteiger partial charge on any atom is -0.494 e. The van der Waals surface area contributed by atoms with Gasteiger partial charge in [0.25, 0.3) is 0 Å². The van der Waals surface area contributed by atoms with E-state index in [1.165, 1.54) is 0 Å². The quantitative estimate of drug-likeness (QED) is 0.685. The van der Waals surface area contributed by atoms with Crippen LogP contribution in [-0.4, -0.2) is 46.4 Å². The Hall–Kier alpha value is -2.94. The van der Waals surface area contributed by atoms with Crippen molar-refractivity contribution in [2.24, 2.45) is 0 Å². The Morgan fingerprint density at radius 1 is 1.17 bits per heavy atom. The van der Waals surface area contributed by atoms with Gasteiger partial charge >= 0.3 is 0 Å². The molecule has 0 radical (unpaired) electrons. The van der Waals surface area contributed by atoms with Gasteiger partial charge in [0.1, 0.15) is 25.0 Å². The van der Waals surface area contributed by atoms with Crippen LogP contribution in [-0.2, 0) is 21.4 Å². The molecule has 162 valence electrons. The Balaban J connectivity index is 1.79. The molecule has 3 rings (SSSR count). The van der Waals surface area contributed by atoms with Gasteiger partial charge in [-0.25, -0.2) is 8.42 Å². The zero-order valence-corrected chi connectivity index (χ0v) is 18.1. The summed E-state index contributed by atoms with van der Waals surface area (Å²) in [6.07, 6.45) is 1.07. The molecule has 1 heterocycles. The summed E-state index contributed by atoms with van der Waals surface area (Å²) in [6, 6.07) is 11.2. The molecule has 0 bridgehead atoms. The van der Waals surface area contributed by atoms with Crippen molar-refractivity contribution in [3.8, 4) is 17.2 Å². The summed E-state index contributed by atoms with van der Waals surface area (Å²) in [5.41, 5.74) is 1.14. The van der Waals surface area contributed by atoms with Crippen molar-refractivity contribution in [2.75, 3.05) is 30.4 Å². The molecular formula is C21H26N2O6S. The van der Waals surface area contributed by atoms with Crippen molar-refractivity contribution in [2.45, 2.75) is 26.4 Å². The van der Waals surface area contributed by atoms with Crippen LogP contribution >= 0.6 is 0 Å². The van der Waals surface area contributed by atoms with Gasteiger partial charge in [0.15, 0.2) is 11.5 Å². The number of rotatable bonds is 8. The third-order valence-corrected chi connectivity index (χ3v) is 5.84. The molecule has 1 amide bonds. The number of hydrogen-bond donors (Lipinski definition) is 1. The van der Waals surface area contributed by atoms with Gasteiger partial charge in [0, 0.05) is 18.2 Å². The van der Waals surface area contributed by atoms with E-state index in [0.29, 0.717) is 42.8 Å². The predicted octanol–water partition coefficient (Wildman–Crippen LogP) is 2.33. The van der Waals surface area contributed by atoms with Crippen LogP contribution in [0.1, 0.15) is 19.4 Å². The van der Waals surface area contributed by atoms with Crippen LogP contribution in [0.3, 0.4) is 0 Å². The molecule has 0 aromatic heterocycles. The lowest BCUT2D eigenvalue weighted by Crippen LogP contribution is -2.47. The van der Waals surface area contributed by atoms with Crippen molar-refractivity contribution in [1.82, 2.24) is 5.32 Å². The topological polar surface area (TPSA) is 94.2 Å². The SMILES string of the molecule is CCOc1ccccc1CNC(=O)C(C)N(c1ccc2c(c1)OCCO2)S(C)(=O)=O. The minimum atomic E-state index is -3.74. The zero-order valence-electron chi connectivity index (χ0n) is 17.3. The molecule has 8 nitrogen and oxygen atoms in total. The van der Waals surface area contributed by atoms with Gasteiger partial charge in [-0.2, -0.15) is 0 Å². The van der Waals surface area contributed by atoms with E-state index >= 15 is 0 Å². The van der Waals surface area contributed by atoms with E-state index in [4.69, 9.17) is 14.2 Å². The van der Waals surface area contributed by atoms with Gasteiger partial charge in [0.2, 0.25) is 15.9 Å². The first-order valence-electron chi connectivity index (χ1n) is 9.68. The average molecular weight is 435 g/mol. The maximum atomic E-state index is 12.8. The highest BCUT2D eigenvalue weighted by Gasteiger charge is 2.30. The molecular weight excluding hydrogens is 408 g/mol. The second-order valence-corrected chi connectivity index (χ2v) is 8.68. The van der Waals surface area contributed by atoms with Crippen molar-refractivity contribution in [1.29, 1.82) is 0 Å². The standard InChI is InChI=1S/C21H26N2O6S/c1-4-27-18-8-6-5-7-16(18)14-22-21(24)15(2)23(30(3,25)26)17-9-10-19-20(13-17)29-12-11-28-19/h5-10,13,15H,4,11-12,14H2,1-3H3,(H,22,24). The lowest BCUT2D eigenvalue weighted by Gasteiger charge is -2.29. The third kappa shape index (κ3) is 4.96. The molecule has 2 aromatic carbocycles. The summed E-state index contributed by atoms with van der Waals surface area (Å²) in [5.74, 6) is 1.25. The summed E-state index contributed by atoms with van der Waals surface area (Å²) in [4.78, 5) is 12.8. The maximum absolute atomic E-state index is 12.8. The largest absolute Gasteiger partial charge is 0.494 e. The molecule has 1 atom stereocenters. The smallest absolute Gasteiger partial charge is 0.243 e. The fourth-order valence-corrected chi connectivity index (χ4v) is 4.42. The van der Waals surface area contributed by atoms with E-state index in [0.717, 1.165) is 16.1 Å². The van der Waals surface area contributed by atoms with E-state index in [2.05, 4.69) is 5.32 Å². The van der Waals surface area contributed by atoms with E-state index in [9.17, 15) is 13.2 Å². The number of ether oxygens (including phenoxy) is 3. The first-order valence-corrected chi connectivity index (χ1v) is 11.5. The normalized spacial score (nSPS) is 14.0. The van der Waals surface area contributed by atoms with Crippen LogP contribution < -0.4 is 23.8 Å². The lowest BCUT2D eigenvalue weighted by molar-refractivity contribution is -0.122. The van der Waals surface area contributed by atoms with Crippen LogP contribution in [0.15, 0.2) is 42.5 Å². The highest BCUT2D eigenvalue weighted by molar-refractivity contribution is 7.92. The highest BCUT2D eigenvalue weighted by Crippen LogP contribution is 2.35. The number of nitrogens with one attached hydrogen (secondary N) is 1. The number of carbonyl (C=O) groups excluding carboxylic acids is 1. The molecule has 1 aliphatic heterocycles. The van der Waals surface area contributed by atoms with Crippen LogP contribution in [0.2, 0.25) is 0 Å². The lowest BCUT2D eigenvalue weighted by atomic mass is 10.2. The number of amides is 1. The molecule has 0 fully saturated rings. The first-order chi connectivity index (χ1) is 14.3. The van der Waals surface area contributed by atoms with Crippen molar-refractivity contribution >= 4 is 21.6 Å². The number of benzene rings is 2. The molecule has 0 saturated carbocycles. The molecule has 0 spiro atoms. The molecule has 2 aromatic rings. The summed E-state index contributed by atoms with van der Waals surface area (Å²) < 4.78 is 42.7. The second kappa shape index (κ2) is 9.25. The Morgan fingerprint density at radius 3 is 2.57 bits per heavy atom. The number of anilines is 1. The van der Waals surface area contributed by atoms with E-state index in [1.807, 2.05) is 31.2 Å². The second-order valence-electron chi connectivity index (χ2n) is 6.82. The van der Waals surface area contributed by atoms with Gasteiger partial charge in [0.05, 0.1) is 18.6 Å². The average Bonchev–Trinajstić information content (AvgIpc) is 2.72. The number of nitrogens with zero attached hydrogens (tertiary/aromatic N) is 1. The van der Waals surface area contributed by atoms with Gasteiger partial charge in [-0.05, 0) is 32.0 Å². The molecule has 0 aliphatic carbocycles. The Morgan fingerprint density at radius 2 is 1.87 bits per heavy atom. The predicted molar refractivity (Wildman–Crippen MR) is 114 cm³/mol. The molecule has 9 heteroatoms. The summed E-state index contributed by atoms with van der Waals surface area (Å²) >= 11 is 0. The maximum Gasteiger partial charge on any atom is 0.243 e. The number of hydrogen-bond acceptors (Lipinski definition) is 6. The highest BCUT2D eigenvalue weighted by atomic mass is 32.2. The molecule has 1 aliphatic rings. The Labute approximate surface area is 176 Å². The summed E-state index contributed by atoms with van der Waals surface area (Å²) in [6.45, 7) is 4.97. The van der Waals surface area contributed by atoms with E-state index in [-0.39, 0.29) is 6.54 Å². The van der Waals surface area contributed by atoms with Crippen molar-refractivity contribution < 1.29 is 27.4 Å². The molecule has 0 saturated heterocycles. The van der Waals surface area contributed by atoms with Crippen LogP contribution in [0, 0.1) is 0 Å². The number of carbonyl (C=O) groups is 1. The van der Waals surface area contributed by atoms with Crippen molar-refractivity contribution in [3.05, 3.63) is 48.0 Å². The number of fused-ring (bicyclic) bond motifs is 1. The van der Waals surface area contributed by atoms with Gasteiger partial charge in [-0.15, -0.1) is 0 Å². The van der Waals surface area contributed by atoms with Crippen LogP contribution in [0.25, 0.3) is 0 Å². The van der Waals surface area contributed by atoms with Crippen LogP contribution in [0.5, 0.6) is 17.2 Å². The van der Waals surface area contributed by atoms with Crippen molar-refractivity contribution in [3.63, 3.8) is 0 Å².